The zero-order valence-corrected chi connectivity index (χ0v) is 20.2. The van der Waals surface area contributed by atoms with Crippen LogP contribution in [0.2, 0.25) is 0 Å². The topological polar surface area (TPSA) is 97.8 Å². The van der Waals surface area contributed by atoms with E-state index in [1.807, 2.05) is 29.1 Å². The summed E-state index contributed by atoms with van der Waals surface area (Å²) in [7, 11) is 1.91. The number of aromatic nitrogens is 4. The Bertz CT molecular complexity index is 1180. The number of amides is 1. The number of nitrogens with one attached hydrogen (secondary N) is 1. The number of hydrogen-bond acceptors (Lipinski definition) is 7. The predicted octanol–water partition coefficient (Wildman–Crippen LogP) is 4.01. The number of anilines is 1. The van der Waals surface area contributed by atoms with Gasteiger partial charge in [-0.3, -0.25) is 4.79 Å². The van der Waals surface area contributed by atoms with Crippen LogP contribution in [0.15, 0.2) is 22.7 Å². The SMILES string of the molecule is Cn1c(SCC(=O)Nc2c(C#N)c3c(n2CC2CCCO2)CCCC3)nnc1-c1cccs1. The van der Waals surface area contributed by atoms with Crippen LogP contribution in [0.25, 0.3) is 10.7 Å². The van der Waals surface area contributed by atoms with Crippen molar-refractivity contribution in [1.29, 1.82) is 5.26 Å². The molecule has 0 bridgehead atoms. The summed E-state index contributed by atoms with van der Waals surface area (Å²) < 4.78 is 9.91. The minimum Gasteiger partial charge on any atom is -0.376 e. The molecule has 1 N–H and O–H groups in total. The highest BCUT2D eigenvalue weighted by atomic mass is 32.2. The molecule has 0 saturated carbocycles. The van der Waals surface area contributed by atoms with Crippen molar-refractivity contribution in [2.24, 2.45) is 7.05 Å². The molecule has 1 atom stereocenters. The number of nitriles is 1. The first-order valence-corrected chi connectivity index (χ1v) is 13.1. The number of ether oxygens (including phenoxy) is 1. The molecule has 2 aliphatic rings. The van der Waals surface area contributed by atoms with Crippen LogP contribution in [0, 0.1) is 11.3 Å². The predicted molar refractivity (Wildman–Crippen MR) is 128 cm³/mol. The van der Waals surface area contributed by atoms with Crippen LogP contribution < -0.4 is 5.32 Å². The molecule has 3 aromatic heterocycles. The number of carbonyl (C=O) groups excluding carboxylic acids is 1. The number of hydrogen-bond donors (Lipinski definition) is 1. The Hall–Kier alpha value is -2.61. The minimum atomic E-state index is -0.152. The quantitative estimate of drug-likeness (QED) is 0.511. The van der Waals surface area contributed by atoms with Gasteiger partial charge in [-0.15, -0.1) is 21.5 Å². The van der Waals surface area contributed by atoms with E-state index in [0.29, 0.717) is 23.1 Å². The highest BCUT2D eigenvalue weighted by molar-refractivity contribution is 7.99. The fourth-order valence-electron chi connectivity index (χ4n) is 4.67. The third-order valence-corrected chi connectivity index (χ3v) is 8.15. The van der Waals surface area contributed by atoms with Gasteiger partial charge < -0.3 is 19.2 Å². The van der Waals surface area contributed by atoms with Gasteiger partial charge in [-0.2, -0.15) is 5.26 Å². The monoisotopic (exact) mass is 482 g/mol. The van der Waals surface area contributed by atoms with Gasteiger partial charge in [-0.05, 0) is 55.5 Å². The summed E-state index contributed by atoms with van der Waals surface area (Å²) >= 11 is 2.95. The molecule has 1 aliphatic heterocycles. The number of nitrogens with zero attached hydrogens (tertiary/aromatic N) is 5. The summed E-state index contributed by atoms with van der Waals surface area (Å²) in [6, 6.07) is 6.35. The normalized spacial score (nSPS) is 17.6. The molecule has 5 rings (SSSR count). The zero-order valence-electron chi connectivity index (χ0n) is 18.5. The highest BCUT2D eigenvalue weighted by Crippen LogP contribution is 2.34. The number of fused-ring (bicyclic) bond motifs is 1. The second kappa shape index (κ2) is 9.71. The average Bonchev–Trinajstić information content (AvgIpc) is 3.61. The lowest BCUT2D eigenvalue weighted by Crippen LogP contribution is -2.23. The van der Waals surface area contributed by atoms with Gasteiger partial charge in [0.1, 0.15) is 11.9 Å². The van der Waals surface area contributed by atoms with Crippen LogP contribution >= 0.6 is 23.1 Å². The van der Waals surface area contributed by atoms with Gasteiger partial charge in [-0.1, -0.05) is 17.8 Å². The molecule has 4 heterocycles. The van der Waals surface area contributed by atoms with Gasteiger partial charge in [-0.25, -0.2) is 0 Å². The number of carbonyl (C=O) groups is 1. The van der Waals surface area contributed by atoms with Crippen molar-refractivity contribution in [1.82, 2.24) is 19.3 Å². The summed E-state index contributed by atoms with van der Waals surface area (Å²) in [4.78, 5) is 14.0. The maximum Gasteiger partial charge on any atom is 0.235 e. The van der Waals surface area contributed by atoms with E-state index in [4.69, 9.17) is 4.74 Å². The van der Waals surface area contributed by atoms with Crippen LogP contribution in [-0.2, 0) is 36.0 Å². The number of thioether (sulfide) groups is 1. The fraction of sp³-hybridized carbons (Fsp3) is 0.478. The van der Waals surface area contributed by atoms with Crippen molar-refractivity contribution in [3.8, 4) is 16.8 Å². The Kier molecular flexibility index (Phi) is 6.53. The second-order valence-electron chi connectivity index (χ2n) is 8.39. The molecule has 1 saturated heterocycles. The molecular formula is C23H26N6O2S2. The summed E-state index contributed by atoms with van der Waals surface area (Å²) in [5.41, 5.74) is 2.89. The van der Waals surface area contributed by atoms with Crippen LogP contribution in [0.1, 0.15) is 42.5 Å². The van der Waals surface area contributed by atoms with Gasteiger partial charge in [0.15, 0.2) is 11.0 Å². The summed E-state index contributed by atoms with van der Waals surface area (Å²) in [6.07, 6.45) is 6.21. The molecule has 10 heteroatoms. The maximum absolute atomic E-state index is 13.0. The Labute approximate surface area is 201 Å². The molecule has 1 unspecified atom stereocenters. The van der Waals surface area contributed by atoms with Crippen LogP contribution in [0.4, 0.5) is 5.82 Å². The third-order valence-electron chi connectivity index (χ3n) is 6.26. The molecule has 1 amide bonds. The summed E-state index contributed by atoms with van der Waals surface area (Å²) in [5.74, 6) is 1.46. The lowest BCUT2D eigenvalue weighted by atomic mass is 9.95. The maximum atomic E-state index is 13.0. The minimum absolute atomic E-state index is 0.134. The molecule has 1 aliphatic carbocycles. The van der Waals surface area contributed by atoms with Crippen molar-refractivity contribution in [2.45, 2.75) is 56.3 Å². The standard InChI is InChI=1S/C23H26N6O2S2/c1-28-22(19-9-5-11-32-19)26-27-23(28)33-14-20(30)25-21-17(12-24)16-7-2-3-8-18(16)29(21)13-15-6-4-10-31-15/h5,9,11,15H,2-4,6-8,10,13-14H2,1H3,(H,25,30). The zero-order chi connectivity index (χ0) is 22.8. The van der Waals surface area contributed by atoms with Crippen LogP contribution in [0.3, 0.4) is 0 Å². The average molecular weight is 483 g/mol. The van der Waals surface area contributed by atoms with Gasteiger partial charge in [0.2, 0.25) is 5.91 Å². The van der Waals surface area contributed by atoms with E-state index in [2.05, 4.69) is 26.2 Å². The summed E-state index contributed by atoms with van der Waals surface area (Å²) in [5, 5.41) is 24.2. The van der Waals surface area contributed by atoms with E-state index >= 15 is 0 Å². The fourth-order valence-corrected chi connectivity index (χ4v) is 6.13. The Balaban J connectivity index is 1.34. The highest BCUT2D eigenvalue weighted by Gasteiger charge is 2.28. The molecular weight excluding hydrogens is 456 g/mol. The molecule has 3 aromatic rings. The van der Waals surface area contributed by atoms with E-state index in [-0.39, 0.29) is 17.8 Å². The van der Waals surface area contributed by atoms with Crippen LogP contribution in [-0.4, -0.2) is 43.7 Å². The lowest BCUT2D eigenvalue weighted by Gasteiger charge is -2.19. The number of thiophene rings is 1. The third kappa shape index (κ3) is 4.45. The molecule has 1 fully saturated rings. The summed E-state index contributed by atoms with van der Waals surface area (Å²) in [6.45, 7) is 1.46. The first kappa shape index (κ1) is 22.2. The number of rotatable bonds is 7. The van der Waals surface area contributed by atoms with Crippen molar-refractivity contribution >= 4 is 34.8 Å². The smallest absolute Gasteiger partial charge is 0.235 e. The molecule has 172 valence electrons. The molecule has 0 radical (unpaired) electrons. The van der Waals surface area contributed by atoms with Gasteiger partial charge in [0, 0.05) is 19.3 Å². The van der Waals surface area contributed by atoms with E-state index in [1.165, 1.54) is 17.5 Å². The molecule has 0 spiro atoms. The van der Waals surface area contributed by atoms with E-state index in [9.17, 15) is 10.1 Å². The Morgan fingerprint density at radius 2 is 2.24 bits per heavy atom. The van der Waals surface area contributed by atoms with Gasteiger partial charge in [0.25, 0.3) is 0 Å². The second-order valence-corrected chi connectivity index (χ2v) is 10.3. The Morgan fingerprint density at radius 3 is 3.00 bits per heavy atom. The molecule has 8 nitrogen and oxygen atoms in total. The molecule has 33 heavy (non-hydrogen) atoms. The van der Waals surface area contributed by atoms with Crippen molar-refractivity contribution in [3.63, 3.8) is 0 Å². The van der Waals surface area contributed by atoms with Gasteiger partial charge in [0.05, 0.1) is 28.8 Å². The van der Waals surface area contributed by atoms with Crippen molar-refractivity contribution in [2.75, 3.05) is 17.7 Å². The van der Waals surface area contributed by atoms with Gasteiger partial charge >= 0.3 is 0 Å². The first-order valence-electron chi connectivity index (χ1n) is 11.3. The van der Waals surface area contributed by atoms with E-state index < -0.39 is 0 Å². The Morgan fingerprint density at radius 1 is 1.36 bits per heavy atom. The molecule has 0 aromatic carbocycles. The van der Waals surface area contributed by atoms with Crippen molar-refractivity contribution in [3.05, 3.63) is 34.3 Å². The first-order chi connectivity index (χ1) is 16.2. The largest absolute Gasteiger partial charge is 0.376 e. The van der Waals surface area contributed by atoms with E-state index in [0.717, 1.165) is 61.4 Å². The van der Waals surface area contributed by atoms with Crippen LogP contribution in [0.5, 0.6) is 0 Å². The van der Waals surface area contributed by atoms with E-state index in [1.54, 1.807) is 11.3 Å². The van der Waals surface area contributed by atoms with Crippen molar-refractivity contribution < 1.29 is 9.53 Å². The lowest BCUT2D eigenvalue weighted by molar-refractivity contribution is -0.113.